The predicted molar refractivity (Wildman–Crippen MR) is 88.3 cm³/mol. The summed E-state index contributed by atoms with van der Waals surface area (Å²) in [6, 6.07) is 10.1. The maximum atomic E-state index is 12.7. The smallest absolute Gasteiger partial charge is 0.227 e. The second-order valence-corrected chi connectivity index (χ2v) is 6.17. The highest BCUT2D eigenvalue weighted by molar-refractivity contribution is 7.07. The Bertz CT molecular complexity index is 610. The third-order valence-corrected chi connectivity index (χ3v) is 4.73. The van der Waals surface area contributed by atoms with Gasteiger partial charge in [0.05, 0.1) is 19.6 Å². The standard InChI is InChI=1S/C17H20N2O2S/c1-21-15-4-2-14(3-5-15)16-11-18-7-8-19(16)17(20)10-13-6-9-22-12-13/h2-6,9,12,16,18H,7-8,10-11H2,1H3/t16-/m0/s1. The summed E-state index contributed by atoms with van der Waals surface area (Å²) in [7, 11) is 1.66. The molecule has 1 aliphatic heterocycles. The first-order valence-corrected chi connectivity index (χ1v) is 8.37. The molecule has 4 nitrogen and oxygen atoms in total. The molecular formula is C17H20N2O2S. The van der Waals surface area contributed by atoms with Gasteiger partial charge in [0.1, 0.15) is 5.75 Å². The normalized spacial score (nSPS) is 18.2. The lowest BCUT2D eigenvalue weighted by Gasteiger charge is -2.36. The van der Waals surface area contributed by atoms with E-state index in [0.717, 1.165) is 36.5 Å². The van der Waals surface area contributed by atoms with Crippen molar-refractivity contribution in [3.63, 3.8) is 0 Å². The molecule has 1 aromatic carbocycles. The van der Waals surface area contributed by atoms with Crippen molar-refractivity contribution in [2.45, 2.75) is 12.5 Å². The number of amides is 1. The van der Waals surface area contributed by atoms with Crippen LogP contribution in [0.5, 0.6) is 5.75 Å². The molecule has 1 fully saturated rings. The number of hydrogen-bond acceptors (Lipinski definition) is 4. The number of carbonyl (C=O) groups excluding carboxylic acids is 1. The average molecular weight is 316 g/mol. The summed E-state index contributed by atoms with van der Waals surface area (Å²) in [5.41, 5.74) is 2.24. The molecule has 1 atom stereocenters. The fourth-order valence-corrected chi connectivity index (χ4v) is 3.46. The van der Waals surface area contributed by atoms with E-state index in [0.29, 0.717) is 6.42 Å². The number of hydrogen-bond donors (Lipinski definition) is 1. The van der Waals surface area contributed by atoms with Crippen LogP contribution in [0.25, 0.3) is 0 Å². The van der Waals surface area contributed by atoms with E-state index in [9.17, 15) is 4.79 Å². The Morgan fingerprint density at radius 2 is 2.18 bits per heavy atom. The summed E-state index contributed by atoms with van der Waals surface area (Å²) < 4.78 is 5.21. The molecule has 116 valence electrons. The topological polar surface area (TPSA) is 41.6 Å². The Balaban J connectivity index is 1.76. The molecular weight excluding hydrogens is 296 g/mol. The molecule has 2 heterocycles. The molecule has 1 aromatic heterocycles. The van der Waals surface area contributed by atoms with Crippen LogP contribution in [0.15, 0.2) is 41.1 Å². The molecule has 0 saturated carbocycles. The van der Waals surface area contributed by atoms with Gasteiger partial charge < -0.3 is 15.0 Å². The van der Waals surface area contributed by atoms with Gasteiger partial charge in [-0.2, -0.15) is 11.3 Å². The van der Waals surface area contributed by atoms with Crippen molar-refractivity contribution < 1.29 is 9.53 Å². The largest absolute Gasteiger partial charge is 0.497 e. The van der Waals surface area contributed by atoms with Crippen LogP contribution in [-0.2, 0) is 11.2 Å². The summed E-state index contributed by atoms with van der Waals surface area (Å²) in [5.74, 6) is 1.03. The van der Waals surface area contributed by atoms with Crippen LogP contribution in [-0.4, -0.2) is 37.6 Å². The van der Waals surface area contributed by atoms with Crippen molar-refractivity contribution in [2.75, 3.05) is 26.7 Å². The minimum Gasteiger partial charge on any atom is -0.497 e. The number of piperazine rings is 1. The molecule has 0 spiro atoms. The molecule has 0 aliphatic carbocycles. The molecule has 0 unspecified atom stereocenters. The van der Waals surface area contributed by atoms with Crippen molar-refractivity contribution >= 4 is 17.2 Å². The highest BCUT2D eigenvalue weighted by atomic mass is 32.1. The van der Waals surface area contributed by atoms with Gasteiger partial charge in [0, 0.05) is 19.6 Å². The van der Waals surface area contributed by atoms with Gasteiger partial charge in [-0.15, -0.1) is 0 Å². The minimum absolute atomic E-state index is 0.0887. The lowest BCUT2D eigenvalue weighted by Crippen LogP contribution is -2.49. The van der Waals surface area contributed by atoms with E-state index < -0.39 is 0 Å². The van der Waals surface area contributed by atoms with Crippen molar-refractivity contribution in [3.05, 3.63) is 52.2 Å². The number of methoxy groups -OCH3 is 1. The van der Waals surface area contributed by atoms with E-state index in [1.165, 1.54) is 0 Å². The van der Waals surface area contributed by atoms with Crippen LogP contribution in [0.4, 0.5) is 0 Å². The maximum Gasteiger partial charge on any atom is 0.227 e. The van der Waals surface area contributed by atoms with E-state index >= 15 is 0 Å². The molecule has 0 radical (unpaired) electrons. The van der Waals surface area contributed by atoms with Gasteiger partial charge >= 0.3 is 0 Å². The van der Waals surface area contributed by atoms with E-state index in [-0.39, 0.29) is 11.9 Å². The van der Waals surface area contributed by atoms with Crippen molar-refractivity contribution in [1.29, 1.82) is 0 Å². The Kier molecular flexibility index (Phi) is 4.75. The Morgan fingerprint density at radius 1 is 1.36 bits per heavy atom. The second kappa shape index (κ2) is 6.94. The predicted octanol–water partition coefficient (Wildman–Crippen LogP) is 2.47. The third-order valence-electron chi connectivity index (χ3n) is 4.00. The first-order chi connectivity index (χ1) is 10.8. The summed E-state index contributed by atoms with van der Waals surface area (Å²) in [5, 5.41) is 7.44. The van der Waals surface area contributed by atoms with Crippen molar-refractivity contribution in [2.24, 2.45) is 0 Å². The second-order valence-electron chi connectivity index (χ2n) is 5.39. The molecule has 3 rings (SSSR count). The van der Waals surface area contributed by atoms with E-state index in [1.807, 2.05) is 46.0 Å². The average Bonchev–Trinajstić information content (AvgIpc) is 3.08. The van der Waals surface area contributed by atoms with Crippen LogP contribution in [0.3, 0.4) is 0 Å². The van der Waals surface area contributed by atoms with Gasteiger partial charge in [0.25, 0.3) is 0 Å². The molecule has 1 saturated heterocycles. The molecule has 1 N–H and O–H groups in total. The fraction of sp³-hybridized carbons (Fsp3) is 0.353. The summed E-state index contributed by atoms with van der Waals surface area (Å²) in [6.45, 7) is 2.39. The molecule has 0 bridgehead atoms. The van der Waals surface area contributed by atoms with Gasteiger partial charge in [-0.05, 0) is 40.1 Å². The van der Waals surface area contributed by atoms with E-state index in [4.69, 9.17) is 4.74 Å². The van der Waals surface area contributed by atoms with Crippen molar-refractivity contribution in [3.8, 4) is 5.75 Å². The van der Waals surface area contributed by atoms with Crippen LogP contribution >= 0.6 is 11.3 Å². The van der Waals surface area contributed by atoms with E-state index in [2.05, 4.69) is 5.32 Å². The third kappa shape index (κ3) is 3.31. The monoisotopic (exact) mass is 316 g/mol. The number of ether oxygens (including phenoxy) is 1. The van der Waals surface area contributed by atoms with Gasteiger partial charge in [0.15, 0.2) is 0 Å². The van der Waals surface area contributed by atoms with Gasteiger partial charge in [-0.1, -0.05) is 12.1 Å². The van der Waals surface area contributed by atoms with Crippen LogP contribution in [0.1, 0.15) is 17.2 Å². The Morgan fingerprint density at radius 3 is 2.86 bits per heavy atom. The molecule has 5 heteroatoms. The number of benzene rings is 1. The zero-order valence-corrected chi connectivity index (χ0v) is 13.4. The number of carbonyl (C=O) groups is 1. The Hall–Kier alpha value is -1.85. The lowest BCUT2D eigenvalue weighted by molar-refractivity contribution is -0.133. The minimum atomic E-state index is 0.0887. The van der Waals surface area contributed by atoms with E-state index in [1.54, 1.807) is 18.4 Å². The summed E-state index contributed by atoms with van der Waals surface area (Å²) >= 11 is 1.63. The van der Waals surface area contributed by atoms with Crippen LogP contribution in [0.2, 0.25) is 0 Å². The summed E-state index contributed by atoms with van der Waals surface area (Å²) in [4.78, 5) is 14.6. The van der Waals surface area contributed by atoms with Crippen LogP contribution < -0.4 is 10.1 Å². The highest BCUT2D eigenvalue weighted by Crippen LogP contribution is 2.25. The zero-order valence-electron chi connectivity index (χ0n) is 12.6. The maximum absolute atomic E-state index is 12.7. The first kappa shape index (κ1) is 15.1. The Labute approximate surface area is 134 Å². The SMILES string of the molecule is COc1ccc([C@@H]2CNCCN2C(=O)Cc2ccsc2)cc1. The highest BCUT2D eigenvalue weighted by Gasteiger charge is 2.27. The van der Waals surface area contributed by atoms with Crippen molar-refractivity contribution in [1.82, 2.24) is 10.2 Å². The summed E-state index contributed by atoms with van der Waals surface area (Å²) in [6.07, 6.45) is 0.482. The molecule has 22 heavy (non-hydrogen) atoms. The first-order valence-electron chi connectivity index (χ1n) is 7.43. The van der Waals surface area contributed by atoms with Crippen LogP contribution in [0, 0.1) is 0 Å². The number of thiophene rings is 1. The number of nitrogens with zero attached hydrogens (tertiary/aromatic N) is 1. The zero-order chi connectivity index (χ0) is 15.4. The van der Waals surface area contributed by atoms with Gasteiger partial charge in [-0.3, -0.25) is 4.79 Å². The molecule has 1 aliphatic rings. The van der Waals surface area contributed by atoms with Gasteiger partial charge in [0.2, 0.25) is 5.91 Å². The lowest BCUT2D eigenvalue weighted by atomic mass is 10.0. The quantitative estimate of drug-likeness (QED) is 0.942. The fourth-order valence-electron chi connectivity index (χ4n) is 2.80. The molecule has 2 aromatic rings. The number of nitrogens with one attached hydrogen (secondary N) is 1. The molecule has 1 amide bonds. The number of rotatable bonds is 4. The van der Waals surface area contributed by atoms with Gasteiger partial charge in [-0.25, -0.2) is 0 Å².